The predicted molar refractivity (Wildman–Crippen MR) is 108 cm³/mol. The molecule has 1 aliphatic rings. The number of amides is 1. The molecule has 0 aliphatic carbocycles. The van der Waals surface area contributed by atoms with Crippen molar-refractivity contribution in [1.82, 2.24) is 14.9 Å². The molecule has 1 aliphatic heterocycles. The highest BCUT2D eigenvalue weighted by Gasteiger charge is 2.29. The number of halogens is 1. The summed E-state index contributed by atoms with van der Waals surface area (Å²) in [6.07, 6.45) is 6.83. The Morgan fingerprint density at radius 1 is 1.10 bits per heavy atom. The average molecular weight is 391 g/mol. The van der Waals surface area contributed by atoms with Gasteiger partial charge in [0.05, 0.1) is 11.6 Å². The van der Waals surface area contributed by atoms with Crippen LogP contribution in [0.5, 0.6) is 0 Å². The molecule has 2 aromatic heterocycles. The number of nitrogens with zero attached hydrogens (tertiary/aromatic N) is 2. The molecule has 3 aromatic rings. The SMILES string of the molecule is O=C(c1ccc(=O)[nH]c1)N1CCCC[C@@H]1c1ccc(Cc2ccc(F)cc2)nc1. The largest absolute Gasteiger partial charge is 0.332 e. The van der Waals surface area contributed by atoms with Gasteiger partial charge in [-0.3, -0.25) is 14.6 Å². The summed E-state index contributed by atoms with van der Waals surface area (Å²) in [5, 5.41) is 0. The Morgan fingerprint density at radius 2 is 1.93 bits per heavy atom. The van der Waals surface area contributed by atoms with Gasteiger partial charge in [0.2, 0.25) is 5.56 Å². The molecular weight excluding hydrogens is 369 g/mol. The molecule has 3 heterocycles. The first-order valence-corrected chi connectivity index (χ1v) is 9.79. The standard InChI is InChI=1S/C23H22FN3O2/c24-19-8-4-16(5-9-19)13-20-10-6-17(14-25-20)21-3-1-2-12-27(21)23(29)18-7-11-22(28)26-15-18/h4-11,14-15,21H,1-3,12-13H2,(H,26,28)/t21-/m1/s1. The third-order valence-corrected chi connectivity index (χ3v) is 5.33. The van der Waals surface area contributed by atoms with Gasteiger partial charge in [-0.2, -0.15) is 0 Å². The third kappa shape index (κ3) is 4.42. The minimum atomic E-state index is -0.249. The zero-order chi connectivity index (χ0) is 20.2. The molecule has 1 atom stereocenters. The number of pyridine rings is 2. The molecule has 1 N–H and O–H groups in total. The van der Waals surface area contributed by atoms with Gasteiger partial charge in [0.25, 0.3) is 5.91 Å². The number of rotatable bonds is 4. The van der Waals surface area contributed by atoms with Gasteiger partial charge in [0.1, 0.15) is 5.82 Å². The molecule has 0 spiro atoms. The quantitative estimate of drug-likeness (QED) is 0.734. The molecule has 1 saturated heterocycles. The number of hydrogen-bond donors (Lipinski definition) is 1. The monoisotopic (exact) mass is 391 g/mol. The smallest absolute Gasteiger partial charge is 0.255 e. The van der Waals surface area contributed by atoms with Gasteiger partial charge in [-0.1, -0.05) is 18.2 Å². The molecule has 0 unspecified atom stereocenters. The van der Waals surface area contributed by atoms with Crippen molar-refractivity contribution >= 4 is 5.91 Å². The van der Waals surface area contributed by atoms with Gasteiger partial charge in [-0.05, 0) is 54.7 Å². The van der Waals surface area contributed by atoms with E-state index in [1.165, 1.54) is 24.4 Å². The van der Waals surface area contributed by atoms with Crippen molar-refractivity contribution in [3.63, 3.8) is 0 Å². The van der Waals surface area contributed by atoms with Crippen LogP contribution in [0, 0.1) is 5.82 Å². The van der Waals surface area contributed by atoms with Gasteiger partial charge in [0, 0.05) is 37.1 Å². The number of carbonyl (C=O) groups excluding carboxylic acids is 1. The number of hydrogen-bond acceptors (Lipinski definition) is 3. The highest BCUT2D eigenvalue weighted by Crippen LogP contribution is 2.31. The fourth-order valence-corrected chi connectivity index (χ4v) is 3.78. The van der Waals surface area contributed by atoms with Crippen LogP contribution in [0.15, 0.2) is 65.7 Å². The van der Waals surface area contributed by atoms with Crippen molar-refractivity contribution in [3.8, 4) is 0 Å². The second-order valence-corrected chi connectivity index (χ2v) is 7.34. The van der Waals surface area contributed by atoms with Crippen molar-refractivity contribution < 1.29 is 9.18 Å². The number of nitrogens with one attached hydrogen (secondary N) is 1. The lowest BCUT2D eigenvalue weighted by molar-refractivity contribution is 0.0610. The molecule has 5 nitrogen and oxygen atoms in total. The first kappa shape index (κ1) is 19.1. The van der Waals surface area contributed by atoms with E-state index in [9.17, 15) is 14.0 Å². The second kappa shape index (κ2) is 8.39. The summed E-state index contributed by atoms with van der Waals surface area (Å²) in [6.45, 7) is 0.681. The summed E-state index contributed by atoms with van der Waals surface area (Å²) < 4.78 is 13.1. The molecular formula is C23H22FN3O2. The van der Waals surface area contributed by atoms with E-state index in [0.717, 1.165) is 36.1 Å². The number of benzene rings is 1. The number of aromatic amines is 1. The van der Waals surface area contributed by atoms with Crippen LogP contribution in [0.3, 0.4) is 0 Å². The second-order valence-electron chi connectivity index (χ2n) is 7.34. The lowest BCUT2D eigenvalue weighted by atomic mass is 9.95. The Bertz CT molecular complexity index is 1020. The first-order valence-electron chi connectivity index (χ1n) is 9.79. The first-order chi connectivity index (χ1) is 14.1. The van der Waals surface area contributed by atoms with Gasteiger partial charge in [-0.15, -0.1) is 0 Å². The maximum absolute atomic E-state index is 13.1. The molecule has 29 heavy (non-hydrogen) atoms. The van der Waals surface area contributed by atoms with E-state index in [0.29, 0.717) is 18.5 Å². The van der Waals surface area contributed by atoms with Crippen molar-refractivity contribution in [2.24, 2.45) is 0 Å². The summed E-state index contributed by atoms with van der Waals surface area (Å²) in [4.78, 5) is 33.3. The molecule has 0 saturated carbocycles. The molecule has 6 heteroatoms. The Kier molecular flexibility index (Phi) is 5.51. The Labute approximate surface area is 168 Å². The van der Waals surface area contributed by atoms with E-state index < -0.39 is 0 Å². The Balaban J connectivity index is 1.52. The van der Waals surface area contributed by atoms with Crippen LogP contribution in [0.1, 0.15) is 52.5 Å². The Morgan fingerprint density at radius 3 is 2.62 bits per heavy atom. The van der Waals surface area contributed by atoms with E-state index in [4.69, 9.17) is 0 Å². The normalized spacial score (nSPS) is 16.6. The van der Waals surface area contributed by atoms with E-state index >= 15 is 0 Å². The van der Waals surface area contributed by atoms with Crippen LogP contribution >= 0.6 is 0 Å². The Hall–Kier alpha value is -3.28. The van der Waals surface area contributed by atoms with Crippen molar-refractivity contribution in [3.05, 3.63) is 99.5 Å². The van der Waals surface area contributed by atoms with Crippen LogP contribution in [0.4, 0.5) is 4.39 Å². The van der Waals surface area contributed by atoms with Crippen molar-refractivity contribution in [2.45, 2.75) is 31.7 Å². The summed E-state index contributed by atoms with van der Waals surface area (Å²) in [5.74, 6) is -0.331. The molecule has 1 fully saturated rings. The van der Waals surface area contributed by atoms with Crippen LogP contribution in [0.2, 0.25) is 0 Å². The fraction of sp³-hybridized carbons (Fsp3) is 0.261. The maximum Gasteiger partial charge on any atom is 0.255 e. The van der Waals surface area contributed by atoms with E-state index in [-0.39, 0.29) is 23.3 Å². The van der Waals surface area contributed by atoms with Crippen molar-refractivity contribution in [1.29, 1.82) is 0 Å². The van der Waals surface area contributed by atoms with Gasteiger partial charge in [-0.25, -0.2) is 4.39 Å². The van der Waals surface area contributed by atoms with Gasteiger partial charge >= 0.3 is 0 Å². The zero-order valence-electron chi connectivity index (χ0n) is 16.0. The molecule has 0 bridgehead atoms. The summed E-state index contributed by atoms with van der Waals surface area (Å²) in [7, 11) is 0. The zero-order valence-corrected chi connectivity index (χ0v) is 16.0. The van der Waals surface area contributed by atoms with Gasteiger partial charge in [0.15, 0.2) is 0 Å². The molecule has 1 amide bonds. The highest BCUT2D eigenvalue weighted by atomic mass is 19.1. The topological polar surface area (TPSA) is 66.1 Å². The van der Waals surface area contributed by atoms with Crippen LogP contribution in [-0.2, 0) is 6.42 Å². The minimum Gasteiger partial charge on any atom is -0.332 e. The highest BCUT2D eigenvalue weighted by molar-refractivity contribution is 5.94. The summed E-state index contributed by atoms with van der Waals surface area (Å²) in [6, 6.07) is 13.3. The van der Waals surface area contributed by atoms with E-state index in [1.54, 1.807) is 18.2 Å². The molecule has 4 rings (SSSR count). The molecule has 0 radical (unpaired) electrons. The van der Waals surface area contributed by atoms with Crippen LogP contribution < -0.4 is 5.56 Å². The number of H-pyrrole nitrogens is 1. The van der Waals surface area contributed by atoms with Crippen molar-refractivity contribution in [2.75, 3.05) is 6.54 Å². The van der Waals surface area contributed by atoms with Crippen LogP contribution in [0.25, 0.3) is 0 Å². The summed E-state index contributed by atoms with van der Waals surface area (Å²) in [5.41, 5.74) is 3.16. The van der Waals surface area contributed by atoms with Crippen LogP contribution in [-0.4, -0.2) is 27.3 Å². The number of carbonyl (C=O) groups is 1. The lowest BCUT2D eigenvalue weighted by Gasteiger charge is -2.36. The maximum atomic E-state index is 13.1. The summed E-state index contributed by atoms with van der Waals surface area (Å²) >= 11 is 0. The van der Waals surface area contributed by atoms with Gasteiger partial charge < -0.3 is 9.88 Å². The van der Waals surface area contributed by atoms with E-state index in [1.807, 2.05) is 23.2 Å². The van der Waals surface area contributed by atoms with E-state index in [2.05, 4.69) is 9.97 Å². The number of piperidine rings is 1. The third-order valence-electron chi connectivity index (χ3n) is 5.33. The number of aromatic nitrogens is 2. The molecule has 148 valence electrons. The fourth-order valence-electron chi connectivity index (χ4n) is 3.78. The predicted octanol–water partition coefficient (Wildman–Crippen LogP) is 3.87. The number of likely N-dealkylation sites (tertiary alicyclic amines) is 1. The minimum absolute atomic E-state index is 0.0319. The molecule has 1 aromatic carbocycles. The average Bonchev–Trinajstić information content (AvgIpc) is 2.76. The lowest BCUT2D eigenvalue weighted by Crippen LogP contribution is -2.38.